The SMILES string of the molecule is COc1cc(Cl)cc(-c2cc(C=C3SC(=S)N(CCc4ccc(C(=O)O)cc4)C3=O)ccc2OCCN2CCOCC2)c1. The highest BCUT2D eigenvalue weighted by Crippen LogP contribution is 2.38. The number of carbonyl (C=O) groups excluding carboxylic acids is 1. The van der Waals surface area contributed by atoms with Gasteiger partial charge in [-0.3, -0.25) is 14.6 Å². The largest absolute Gasteiger partial charge is 0.497 e. The molecule has 11 heteroatoms. The molecule has 0 aromatic heterocycles. The third kappa shape index (κ3) is 7.95. The van der Waals surface area contributed by atoms with E-state index in [1.807, 2.05) is 36.4 Å². The van der Waals surface area contributed by atoms with E-state index in [1.165, 1.54) is 11.8 Å². The number of ether oxygens (including phenoxy) is 3. The number of amides is 1. The summed E-state index contributed by atoms with van der Waals surface area (Å²) in [6.45, 7) is 4.93. The summed E-state index contributed by atoms with van der Waals surface area (Å²) < 4.78 is 17.6. The van der Waals surface area contributed by atoms with E-state index in [4.69, 9.17) is 43.1 Å². The fraction of sp³-hybridized carbons (Fsp3) is 0.281. The Kier molecular flexibility index (Phi) is 10.4. The molecule has 3 aromatic carbocycles. The number of hydrogen-bond acceptors (Lipinski definition) is 8. The van der Waals surface area contributed by atoms with Crippen LogP contribution in [0.2, 0.25) is 5.02 Å². The van der Waals surface area contributed by atoms with Gasteiger partial charge in [-0.25, -0.2) is 4.79 Å². The first-order valence-corrected chi connectivity index (χ1v) is 15.4. The van der Waals surface area contributed by atoms with Gasteiger partial charge in [-0.15, -0.1) is 0 Å². The fourth-order valence-electron chi connectivity index (χ4n) is 4.83. The van der Waals surface area contributed by atoms with Gasteiger partial charge in [0.2, 0.25) is 0 Å². The molecule has 2 aliphatic heterocycles. The van der Waals surface area contributed by atoms with Crippen LogP contribution in [0.5, 0.6) is 11.5 Å². The number of hydrogen-bond donors (Lipinski definition) is 1. The van der Waals surface area contributed by atoms with Gasteiger partial charge in [0.05, 0.1) is 30.8 Å². The molecule has 0 spiro atoms. The highest BCUT2D eigenvalue weighted by molar-refractivity contribution is 8.26. The number of morpholine rings is 1. The maximum atomic E-state index is 13.3. The van der Waals surface area contributed by atoms with E-state index in [-0.39, 0.29) is 11.5 Å². The summed E-state index contributed by atoms with van der Waals surface area (Å²) in [5.41, 5.74) is 3.63. The second-order valence-corrected chi connectivity index (χ2v) is 12.1. The first-order valence-electron chi connectivity index (χ1n) is 13.8. The second-order valence-electron chi connectivity index (χ2n) is 10.0. The van der Waals surface area contributed by atoms with Crippen LogP contribution in [0.4, 0.5) is 0 Å². The lowest BCUT2D eigenvalue weighted by molar-refractivity contribution is -0.122. The van der Waals surface area contributed by atoms with E-state index in [2.05, 4.69) is 4.90 Å². The van der Waals surface area contributed by atoms with Crippen molar-refractivity contribution in [3.8, 4) is 22.6 Å². The lowest BCUT2D eigenvalue weighted by Crippen LogP contribution is -2.38. The number of halogens is 1. The number of thioether (sulfide) groups is 1. The molecular formula is C32H31ClN2O6S2. The van der Waals surface area contributed by atoms with Crippen LogP contribution in [0.15, 0.2) is 65.6 Å². The van der Waals surface area contributed by atoms with Crippen LogP contribution >= 0.6 is 35.6 Å². The van der Waals surface area contributed by atoms with E-state index in [9.17, 15) is 9.59 Å². The molecule has 2 aliphatic rings. The topological polar surface area (TPSA) is 88.5 Å². The number of carboxylic acids is 1. The first kappa shape index (κ1) is 31.0. The lowest BCUT2D eigenvalue weighted by Gasteiger charge is -2.26. The highest BCUT2D eigenvalue weighted by Gasteiger charge is 2.31. The molecular weight excluding hydrogens is 608 g/mol. The standard InChI is InChI=1S/C32H31ClN2O6S2/c1-39-26-19-24(18-25(33)20-26)27-16-22(4-7-28(27)41-15-12-34-10-13-40-14-11-34)17-29-30(36)35(32(42)43-29)9-8-21-2-5-23(6-3-21)31(37)38/h2-7,16-20H,8-15H2,1H3,(H,37,38). The van der Waals surface area contributed by atoms with Crippen molar-refractivity contribution in [2.45, 2.75) is 6.42 Å². The smallest absolute Gasteiger partial charge is 0.335 e. The van der Waals surface area contributed by atoms with Crippen LogP contribution in [0.25, 0.3) is 17.2 Å². The molecule has 0 bridgehead atoms. The van der Waals surface area contributed by atoms with E-state index < -0.39 is 5.97 Å². The minimum Gasteiger partial charge on any atom is -0.497 e. The Bertz CT molecular complexity index is 1540. The molecule has 0 unspecified atom stereocenters. The quantitative estimate of drug-likeness (QED) is 0.205. The van der Waals surface area contributed by atoms with Crippen molar-refractivity contribution in [1.29, 1.82) is 0 Å². The molecule has 3 aromatic rings. The summed E-state index contributed by atoms with van der Waals surface area (Å²) in [7, 11) is 1.60. The Morgan fingerprint density at radius 3 is 2.58 bits per heavy atom. The molecule has 0 aliphatic carbocycles. The van der Waals surface area contributed by atoms with Gasteiger partial charge in [-0.05, 0) is 71.7 Å². The molecule has 5 rings (SSSR count). The van der Waals surface area contributed by atoms with Crippen LogP contribution in [-0.4, -0.2) is 84.2 Å². The average Bonchev–Trinajstić information content (AvgIpc) is 3.28. The minimum absolute atomic E-state index is 0.158. The zero-order chi connectivity index (χ0) is 30.3. The third-order valence-corrected chi connectivity index (χ3v) is 8.78. The van der Waals surface area contributed by atoms with Crippen molar-refractivity contribution >= 4 is 57.9 Å². The number of thiocarbonyl (C=S) groups is 1. The molecule has 0 saturated carbocycles. The molecule has 0 atom stereocenters. The average molecular weight is 639 g/mol. The van der Waals surface area contributed by atoms with E-state index >= 15 is 0 Å². The zero-order valence-corrected chi connectivity index (χ0v) is 26.0. The molecule has 2 saturated heterocycles. The number of carbonyl (C=O) groups is 2. The molecule has 43 heavy (non-hydrogen) atoms. The Labute approximate surface area is 265 Å². The van der Waals surface area contributed by atoms with Gasteiger partial charge in [0.15, 0.2) is 0 Å². The second kappa shape index (κ2) is 14.4. The van der Waals surface area contributed by atoms with E-state index in [0.717, 1.165) is 55.1 Å². The van der Waals surface area contributed by atoms with Gasteiger partial charge in [0, 0.05) is 36.8 Å². The Hall–Kier alpha value is -3.41. The molecule has 0 radical (unpaired) electrons. The number of methoxy groups -OCH3 is 1. The normalized spacial score (nSPS) is 16.6. The van der Waals surface area contributed by atoms with Crippen LogP contribution < -0.4 is 9.47 Å². The summed E-state index contributed by atoms with van der Waals surface area (Å²) >= 11 is 13.2. The van der Waals surface area contributed by atoms with Crippen LogP contribution in [0.1, 0.15) is 21.5 Å². The van der Waals surface area contributed by atoms with Crippen molar-refractivity contribution < 1.29 is 28.9 Å². The third-order valence-electron chi connectivity index (χ3n) is 7.19. The first-order chi connectivity index (χ1) is 20.8. The lowest BCUT2D eigenvalue weighted by atomic mass is 10.0. The Morgan fingerprint density at radius 2 is 1.86 bits per heavy atom. The van der Waals surface area contributed by atoms with Crippen LogP contribution in [0.3, 0.4) is 0 Å². The van der Waals surface area contributed by atoms with Gasteiger partial charge in [0.1, 0.15) is 22.4 Å². The molecule has 1 N–H and O–H groups in total. The fourth-order valence-corrected chi connectivity index (χ4v) is 6.37. The molecule has 2 heterocycles. The maximum Gasteiger partial charge on any atom is 0.335 e. The van der Waals surface area contributed by atoms with Gasteiger partial charge in [-0.1, -0.05) is 53.8 Å². The molecule has 2 fully saturated rings. The Morgan fingerprint density at radius 1 is 1.09 bits per heavy atom. The summed E-state index contributed by atoms with van der Waals surface area (Å²) in [5.74, 6) is 0.203. The highest BCUT2D eigenvalue weighted by atomic mass is 35.5. The molecule has 1 amide bonds. The number of nitrogens with zero attached hydrogens (tertiary/aromatic N) is 2. The number of rotatable bonds is 11. The molecule has 8 nitrogen and oxygen atoms in total. The zero-order valence-electron chi connectivity index (χ0n) is 23.6. The van der Waals surface area contributed by atoms with Crippen molar-refractivity contribution in [2.24, 2.45) is 0 Å². The predicted octanol–water partition coefficient (Wildman–Crippen LogP) is 5.87. The van der Waals surface area contributed by atoms with Crippen molar-refractivity contribution in [3.05, 3.63) is 87.3 Å². The molecule has 224 valence electrons. The van der Waals surface area contributed by atoms with Gasteiger partial charge in [-0.2, -0.15) is 0 Å². The summed E-state index contributed by atoms with van der Waals surface area (Å²) in [6, 6.07) is 18.0. The van der Waals surface area contributed by atoms with E-state index in [1.54, 1.807) is 42.3 Å². The van der Waals surface area contributed by atoms with Crippen molar-refractivity contribution in [3.63, 3.8) is 0 Å². The number of benzene rings is 3. The van der Waals surface area contributed by atoms with Crippen LogP contribution in [-0.2, 0) is 16.0 Å². The minimum atomic E-state index is -0.973. The van der Waals surface area contributed by atoms with Gasteiger partial charge >= 0.3 is 5.97 Å². The number of carboxylic acid groups (broad SMARTS) is 1. The monoisotopic (exact) mass is 638 g/mol. The maximum absolute atomic E-state index is 13.3. The van der Waals surface area contributed by atoms with Gasteiger partial charge < -0.3 is 19.3 Å². The van der Waals surface area contributed by atoms with Gasteiger partial charge in [0.25, 0.3) is 5.91 Å². The predicted molar refractivity (Wildman–Crippen MR) is 173 cm³/mol. The summed E-state index contributed by atoms with van der Waals surface area (Å²) in [5, 5.41) is 9.65. The van der Waals surface area contributed by atoms with E-state index in [0.29, 0.717) is 45.3 Å². The number of aromatic carboxylic acids is 1. The van der Waals surface area contributed by atoms with Crippen molar-refractivity contribution in [1.82, 2.24) is 9.80 Å². The Balaban J connectivity index is 1.34. The van der Waals surface area contributed by atoms with Crippen molar-refractivity contribution in [2.75, 3.05) is 53.1 Å². The summed E-state index contributed by atoms with van der Waals surface area (Å²) in [4.78, 5) is 28.9. The van der Waals surface area contributed by atoms with Crippen LogP contribution in [0, 0.1) is 0 Å². The summed E-state index contributed by atoms with van der Waals surface area (Å²) in [6.07, 6.45) is 2.39.